The van der Waals surface area contributed by atoms with Crippen molar-refractivity contribution in [2.45, 2.75) is 11.3 Å². The molecule has 0 atom stereocenters. The number of halogens is 3. The Morgan fingerprint density at radius 2 is 1.50 bits per heavy atom. The van der Waals surface area contributed by atoms with Crippen LogP contribution in [0, 0.1) is 0 Å². The lowest BCUT2D eigenvalue weighted by Crippen LogP contribution is -2.00. The van der Waals surface area contributed by atoms with E-state index < -0.39 is 5.51 Å². The molecule has 2 rings (SSSR count). The molecule has 0 aliphatic heterocycles. The average Bonchev–Trinajstić information content (AvgIpc) is 2.37. The molecule has 94 valence electrons. The van der Waals surface area contributed by atoms with Crippen LogP contribution < -0.4 is 0 Å². The van der Waals surface area contributed by atoms with Crippen molar-refractivity contribution in [3.63, 3.8) is 0 Å². The molecule has 0 aliphatic rings. The van der Waals surface area contributed by atoms with Gasteiger partial charge < -0.3 is 0 Å². The third-order valence-electron chi connectivity index (χ3n) is 2.44. The topological polar surface area (TPSA) is 0 Å². The molecule has 0 unspecified atom stereocenters. The van der Waals surface area contributed by atoms with Crippen molar-refractivity contribution in [2.24, 2.45) is 0 Å². The molecule has 2 aromatic carbocycles. The molecule has 0 bridgehead atoms. The van der Waals surface area contributed by atoms with Crippen molar-refractivity contribution in [3.05, 3.63) is 60.2 Å². The van der Waals surface area contributed by atoms with Crippen LogP contribution in [0.2, 0.25) is 0 Å². The van der Waals surface area contributed by atoms with Crippen molar-refractivity contribution in [1.82, 2.24) is 0 Å². The van der Waals surface area contributed by atoms with Crippen molar-refractivity contribution < 1.29 is 13.2 Å². The second-order valence-electron chi connectivity index (χ2n) is 3.80. The molecule has 4 heteroatoms. The van der Waals surface area contributed by atoms with Crippen LogP contribution in [0.4, 0.5) is 13.2 Å². The molecule has 0 aliphatic carbocycles. The maximum Gasteiger partial charge on any atom is 0.442 e. The lowest BCUT2D eigenvalue weighted by molar-refractivity contribution is -0.0329. The number of alkyl halides is 3. The van der Waals surface area contributed by atoms with Crippen LogP contribution in [0.15, 0.2) is 54.6 Å². The van der Waals surface area contributed by atoms with Gasteiger partial charge in [-0.2, -0.15) is 13.2 Å². The summed E-state index contributed by atoms with van der Waals surface area (Å²) in [5.74, 6) is -0.0514. The van der Waals surface area contributed by atoms with Gasteiger partial charge in [0.25, 0.3) is 0 Å². The first-order valence-corrected chi connectivity index (χ1v) is 6.38. The van der Waals surface area contributed by atoms with E-state index in [2.05, 4.69) is 0 Å². The van der Waals surface area contributed by atoms with Gasteiger partial charge >= 0.3 is 5.51 Å². The Labute approximate surface area is 108 Å². The third kappa shape index (κ3) is 3.81. The summed E-state index contributed by atoms with van der Waals surface area (Å²) in [5, 5.41) is 0. The Hall–Kier alpha value is -1.42. The second kappa shape index (κ2) is 5.48. The van der Waals surface area contributed by atoms with E-state index in [4.69, 9.17) is 0 Å². The fourth-order valence-corrected chi connectivity index (χ4v) is 2.15. The Balaban J connectivity index is 2.16. The lowest BCUT2D eigenvalue weighted by Gasteiger charge is -2.07. The van der Waals surface area contributed by atoms with Crippen LogP contribution in [-0.2, 0) is 5.75 Å². The fourth-order valence-electron chi connectivity index (χ4n) is 1.64. The summed E-state index contributed by atoms with van der Waals surface area (Å²) in [6.07, 6.45) is 0. The third-order valence-corrected chi connectivity index (χ3v) is 3.24. The van der Waals surface area contributed by atoms with Crippen LogP contribution in [-0.4, -0.2) is 5.51 Å². The summed E-state index contributed by atoms with van der Waals surface area (Å²) >= 11 is -0.00944. The molecule has 2 aromatic rings. The molecular formula is C14H11F3S. The van der Waals surface area contributed by atoms with Gasteiger partial charge in [-0.3, -0.25) is 0 Å². The Kier molecular flexibility index (Phi) is 3.97. The summed E-state index contributed by atoms with van der Waals surface area (Å²) in [6.45, 7) is 0. The average molecular weight is 268 g/mol. The molecular weight excluding hydrogens is 257 g/mol. The maximum atomic E-state index is 12.1. The number of hydrogen-bond acceptors (Lipinski definition) is 1. The SMILES string of the molecule is FC(F)(F)SCc1cccc(-c2ccccc2)c1. The molecule has 0 saturated carbocycles. The summed E-state index contributed by atoms with van der Waals surface area (Å²) in [4.78, 5) is 0. The number of rotatable bonds is 3. The van der Waals surface area contributed by atoms with Crippen LogP contribution in [0.3, 0.4) is 0 Å². The van der Waals surface area contributed by atoms with E-state index in [9.17, 15) is 13.2 Å². The van der Waals surface area contributed by atoms with E-state index in [0.29, 0.717) is 5.56 Å². The molecule has 0 nitrogen and oxygen atoms in total. The summed E-state index contributed by atoms with van der Waals surface area (Å²) < 4.78 is 36.4. The molecule has 0 spiro atoms. The van der Waals surface area contributed by atoms with Gasteiger partial charge in [0.1, 0.15) is 0 Å². The second-order valence-corrected chi connectivity index (χ2v) is 4.84. The smallest absolute Gasteiger partial charge is 0.160 e. The minimum atomic E-state index is -4.18. The van der Waals surface area contributed by atoms with Gasteiger partial charge in [-0.25, -0.2) is 0 Å². The van der Waals surface area contributed by atoms with Crippen molar-refractivity contribution in [3.8, 4) is 11.1 Å². The van der Waals surface area contributed by atoms with E-state index in [-0.39, 0.29) is 17.5 Å². The molecule has 0 N–H and O–H groups in total. The van der Waals surface area contributed by atoms with Crippen molar-refractivity contribution >= 4 is 11.8 Å². The highest BCUT2D eigenvalue weighted by molar-refractivity contribution is 7.99. The number of hydrogen-bond donors (Lipinski definition) is 0. The Bertz CT molecular complexity index is 506. The Morgan fingerprint density at radius 1 is 0.833 bits per heavy atom. The van der Waals surface area contributed by atoms with E-state index in [0.717, 1.165) is 11.1 Å². The van der Waals surface area contributed by atoms with Crippen molar-refractivity contribution in [1.29, 1.82) is 0 Å². The number of thioether (sulfide) groups is 1. The summed E-state index contributed by atoms with van der Waals surface area (Å²) in [7, 11) is 0. The summed E-state index contributed by atoms with van der Waals surface area (Å²) in [6, 6.07) is 16.8. The number of benzene rings is 2. The molecule has 18 heavy (non-hydrogen) atoms. The van der Waals surface area contributed by atoms with E-state index >= 15 is 0 Å². The van der Waals surface area contributed by atoms with Crippen LogP contribution in [0.5, 0.6) is 0 Å². The highest BCUT2D eigenvalue weighted by Gasteiger charge is 2.27. The first-order valence-electron chi connectivity index (χ1n) is 5.40. The molecule has 0 fully saturated rings. The van der Waals surface area contributed by atoms with Gasteiger partial charge in [0, 0.05) is 5.75 Å². The maximum absolute atomic E-state index is 12.1. The van der Waals surface area contributed by atoms with Crippen LogP contribution in [0.1, 0.15) is 5.56 Å². The highest BCUT2D eigenvalue weighted by atomic mass is 32.2. The van der Waals surface area contributed by atoms with Gasteiger partial charge in [-0.05, 0) is 28.5 Å². The van der Waals surface area contributed by atoms with E-state index in [1.54, 1.807) is 18.2 Å². The fraction of sp³-hybridized carbons (Fsp3) is 0.143. The standard InChI is InChI=1S/C14H11F3S/c15-14(16,17)18-10-11-5-4-8-13(9-11)12-6-2-1-3-7-12/h1-9H,10H2. The first kappa shape index (κ1) is 13.0. The molecule has 0 amide bonds. The quantitative estimate of drug-likeness (QED) is 0.745. The zero-order valence-electron chi connectivity index (χ0n) is 9.45. The minimum absolute atomic E-state index is 0.00944. The zero-order valence-corrected chi connectivity index (χ0v) is 10.3. The Morgan fingerprint density at radius 3 is 2.17 bits per heavy atom. The predicted molar refractivity (Wildman–Crippen MR) is 69.2 cm³/mol. The zero-order chi connectivity index (χ0) is 13.0. The largest absolute Gasteiger partial charge is 0.442 e. The molecule has 0 heterocycles. The molecule has 0 aromatic heterocycles. The first-order chi connectivity index (χ1) is 8.54. The van der Waals surface area contributed by atoms with Crippen molar-refractivity contribution in [2.75, 3.05) is 0 Å². The van der Waals surface area contributed by atoms with Gasteiger partial charge in [-0.15, -0.1) is 0 Å². The van der Waals surface area contributed by atoms with Crippen LogP contribution in [0.25, 0.3) is 11.1 Å². The predicted octanol–water partition coefficient (Wildman–Crippen LogP) is 5.11. The highest BCUT2D eigenvalue weighted by Crippen LogP contribution is 2.33. The normalized spacial score (nSPS) is 11.5. The summed E-state index contributed by atoms with van der Waals surface area (Å²) in [5.41, 5.74) is -1.55. The van der Waals surface area contributed by atoms with Gasteiger partial charge in [0.05, 0.1) is 0 Å². The van der Waals surface area contributed by atoms with Gasteiger partial charge in [-0.1, -0.05) is 54.6 Å². The van der Waals surface area contributed by atoms with E-state index in [1.807, 2.05) is 36.4 Å². The monoisotopic (exact) mass is 268 g/mol. The lowest BCUT2D eigenvalue weighted by atomic mass is 10.0. The molecule has 0 saturated heterocycles. The van der Waals surface area contributed by atoms with Crippen LogP contribution >= 0.6 is 11.8 Å². The van der Waals surface area contributed by atoms with E-state index in [1.165, 1.54) is 0 Å². The molecule has 0 radical (unpaired) electrons. The minimum Gasteiger partial charge on any atom is -0.160 e. The van der Waals surface area contributed by atoms with Gasteiger partial charge in [0.15, 0.2) is 0 Å². The van der Waals surface area contributed by atoms with Gasteiger partial charge in [0.2, 0.25) is 0 Å².